The van der Waals surface area contributed by atoms with Crippen LogP contribution in [0.15, 0.2) is 28.9 Å². The largest absolute Gasteiger partial charge is 0.469 e. The Labute approximate surface area is 119 Å². The van der Waals surface area contributed by atoms with E-state index in [1.165, 1.54) is 5.56 Å². The molecule has 2 aromatic rings. The second-order valence-corrected chi connectivity index (χ2v) is 5.08. The van der Waals surface area contributed by atoms with Gasteiger partial charge in [0, 0.05) is 17.8 Å². The Balaban J connectivity index is 2.00. The summed E-state index contributed by atoms with van der Waals surface area (Å²) in [6.07, 6.45) is 1.62. The number of urea groups is 1. The first-order chi connectivity index (χ1) is 9.47. The molecule has 0 aliphatic carbocycles. The van der Waals surface area contributed by atoms with Crippen molar-refractivity contribution in [2.75, 3.05) is 5.32 Å². The van der Waals surface area contributed by atoms with E-state index in [-0.39, 0.29) is 6.03 Å². The number of furan rings is 1. The summed E-state index contributed by atoms with van der Waals surface area (Å²) in [6, 6.07) is 5.77. The van der Waals surface area contributed by atoms with Crippen LogP contribution in [-0.2, 0) is 6.54 Å². The van der Waals surface area contributed by atoms with Crippen LogP contribution >= 0.6 is 0 Å². The molecule has 0 saturated heterocycles. The van der Waals surface area contributed by atoms with Crippen LogP contribution < -0.4 is 10.6 Å². The van der Waals surface area contributed by atoms with Crippen molar-refractivity contribution in [2.45, 2.75) is 34.2 Å². The maximum Gasteiger partial charge on any atom is 0.319 e. The number of carbonyl (C=O) groups is 1. The molecule has 1 aromatic carbocycles. The van der Waals surface area contributed by atoms with Gasteiger partial charge < -0.3 is 15.1 Å². The van der Waals surface area contributed by atoms with Gasteiger partial charge in [-0.3, -0.25) is 0 Å². The normalized spacial score (nSPS) is 10.4. The van der Waals surface area contributed by atoms with Crippen LogP contribution in [0.2, 0.25) is 0 Å². The molecule has 20 heavy (non-hydrogen) atoms. The standard InChI is InChI=1S/C16H20N2O2/c1-10-7-11(2)15(12(3)8-10)18-16(19)17-9-14-5-6-20-13(14)4/h5-8H,9H2,1-4H3,(H2,17,18,19). The summed E-state index contributed by atoms with van der Waals surface area (Å²) in [7, 11) is 0. The Hall–Kier alpha value is -2.23. The van der Waals surface area contributed by atoms with E-state index >= 15 is 0 Å². The number of nitrogens with one attached hydrogen (secondary N) is 2. The van der Waals surface area contributed by atoms with E-state index < -0.39 is 0 Å². The highest BCUT2D eigenvalue weighted by molar-refractivity contribution is 5.91. The lowest BCUT2D eigenvalue weighted by atomic mass is 10.1. The molecule has 0 aliphatic rings. The number of amides is 2. The van der Waals surface area contributed by atoms with E-state index in [0.717, 1.165) is 28.1 Å². The number of carbonyl (C=O) groups excluding carboxylic acids is 1. The maximum absolute atomic E-state index is 12.0. The second kappa shape index (κ2) is 5.82. The SMILES string of the molecule is Cc1cc(C)c(NC(=O)NCc2ccoc2C)c(C)c1. The lowest BCUT2D eigenvalue weighted by molar-refractivity contribution is 0.251. The fourth-order valence-corrected chi connectivity index (χ4v) is 2.31. The van der Waals surface area contributed by atoms with Crippen LogP contribution in [0.25, 0.3) is 0 Å². The molecule has 0 radical (unpaired) electrons. The molecule has 0 unspecified atom stereocenters. The number of hydrogen-bond acceptors (Lipinski definition) is 2. The first-order valence-corrected chi connectivity index (χ1v) is 6.63. The predicted octanol–water partition coefficient (Wildman–Crippen LogP) is 3.83. The van der Waals surface area contributed by atoms with E-state index in [1.807, 2.05) is 33.8 Å². The topological polar surface area (TPSA) is 54.3 Å². The zero-order chi connectivity index (χ0) is 14.7. The summed E-state index contributed by atoms with van der Waals surface area (Å²) < 4.78 is 5.19. The number of anilines is 1. The summed E-state index contributed by atoms with van der Waals surface area (Å²) >= 11 is 0. The highest BCUT2D eigenvalue weighted by Gasteiger charge is 2.09. The third-order valence-electron chi connectivity index (χ3n) is 3.32. The Bertz CT molecular complexity index is 606. The van der Waals surface area contributed by atoms with E-state index in [9.17, 15) is 4.79 Å². The van der Waals surface area contributed by atoms with Gasteiger partial charge in [-0.05, 0) is 44.9 Å². The summed E-state index contributed by atoms with van der Waals surface area (Å²) in [5.74, 6) is 0.827. The van der Waals surface area contributed by atoms with Crippen molar-refractivity contribution in [3.63, 3.8) is 0 Å². The van der Waals surface area contributed by atoms with Gasteiger partial charge in [0.2, 0.25) is 0 Å². The highest BCUT2D eigenvalue weighted by Crippen LogP contribution is 2.21. The van der Waals surface area contributed by atoms with Crippen LogP contribution in [-0.4, -0.2) is 6.03 Å². The summed E-state index contributed by atoms with van der Waals surface area (Å²) in [5.41, 5.74) is 5.18. The van der Waals surface area contributed by atoms with Crippen LogP contribution in [0, 0.1) is 27.7 Å². The van der Waals surface area contributed by atoms with Crippen molar-refractivity contribution in [3.05, 3.63) is 52.5 Å². The van der Waals surface area contributed by atoms with Gasteiger partial charge in [0.1, 0.15) is 5.76 Å². The van der Waals surface area contributed by atoms with Gasteiger partial charge in [-0.25, -0.2) is 4.79 Å². The molecule has 4 nitrogen and oxygen atoms in total. The molecule has 0 spiro atoms. The van der Waals surface area contributed by atoms with E-state index in [2.05, 4.69) is 22.8 Å². The smallest absolute Gasteiger partial charge is 0.319 e. The van der Waals surface area contributed by atoms with Crippen LogP contribution in [0.3, 0.4) is 0 Å². The number of aryl methyl sites for hydroxylation is 4. The van der Waals surface area contributed by atoms with Gasteiger partial charge in [-0.15, -0.1) is 0 Å². The third-order valence-corrected chi connectivity index (χ3v) is 3.32. The zero-order valence-electron chi connectivity index (χ0n) is 12.3. The van der Waals surface area contributed by atoms with E-state index in [4.69, 9.17) is 4.42 Å². The minimum atomic E-state index is -0.208. The molecule has 0 aliphatic heterocycles. The van der Waals surface area contributed by atoms with Crippen molar-refractivity contribution in [1.82, 2.24) is 5.32 Å². The van der Waals surface area contributed by atoms with Gasteiger partial charge in [-0.1, -0.05) is 17.7 Å². The molecule has 0 bridgehead atoms. The summed E-state index contributed by atoms with van der Waals surface area (Å²) in [5, 5.41) is 5.74. The third kappa shape index (κ3) is 3.20. The van der Waals surface area contributed by atoms with Gasteiger partial charge in [0.05, 0.1) is 6.26 Å². The van der Waals surface area contributed by atoms with Gasteiger partial charge in [0.25, 0.3) is 0 Å². The zero-order valence-corrected chi connectivity index (χ0v) is 12.3. The fourth-order valence-electron chi connectivity index (χ4n) is 2.31. The average molecular weight is 272 g/mol. The monoisotopic (exact) mass is 272 g/mol. The lowest BCUT2D eigenvalue weighted by Gasteiger charge is -2.13. The Morgan fingerprint density at radius 3 is 2.35 bits per heavy atom. The van der Waals surface area contributed by atoms with Crippen LogP contribution in [0.5, 0.6) is 0 Å². The molecule has 2 N–H and O–H groups in total. The minimum Gasteiger partial charge on any atom is -0.469 e. The van der Waals surface area contributed by atoms with Crippen LogP contribution in [0.1, 0.15) is 28.0 Å². The Kier molecular flexibility index (Phi) is 4.13. The average Bonchev–Trinajstić information content (AvgIpc) is 2.77. The van der Waals surface area contributed by atoms with Crippen molar-refractivity contribution < 1.29 is 9.21 Å². The van der Waals surface area contributed by atoms with Gasteiger partial charge in [-0.2, -0.15) is 0 Å². The summed E-state index contributed by atoms with van der Waals surface area (Å²) in [4.78, 5) is 12.0. The van der Waals surface area contributed by atoms with Crippen LogP contribution in [0.4, 0.5) is 10.5 Å². The number of benzene rings is 1. The first kappa shape index (κ1) is 14.2. The van der Waals surface area contributed by atoms with Crippen molar-refractivity contribution >= 4 is 11.7 Å². The molecule has 106 valence electrons. The lowest BCUT2D eigenvalue weighted by Crippen LogP contribution is -2.28. The predicted molar refractivity (Wildman–Crippen MR) is 80.0 cm³/mol. The molecule has 0 saturated carbocycles. The molecule has 4 heteroatoms. The van der Waals surface area contributed by atoms with Crippen molar-refractivity contribution in [2.24, 2.45) is 0 Å². The minimum absolute atomic E-state index is 0.208. The molecular weight excluding hydrogens is 252 g/mol. The second-order valence-electron chi connectivity index (χ2n) is 5.08. The van der Waals surface area contributed by atoms with Gasteiger partial charge >= 0.3 is 6.03 Å². The summed E-state index contributed by atoms with van der Waals surface area (Å²) in [6.45, 7) is 8.37. The van der Waals surface area contributed by atoms with Crippen molar-refractivity contribution in [1.29, 1.82) is 0 Å². The Morgan fingerprint density at radius 2 is 1.80 bits per heavy atom. The van der Waals surface area contributed by atoms with E-state index in [0.29, 0.717) is 6.54 Å². The number of hydrogen-bond donors (Lipinski definition) is 2. The maximum atomic E-state index is 12.0. The molecule has 2 amide bonds. The number of rotatable bonds is 3. The fraction of sp³-hybridized carbons (Fsp3) is 0.312. The van der Waals surface area contributed by atoms with Gasteiger partial charge in [0.15, 0.2) is 0 Å². The highest BCUT2D eigenvalue weighted by atomic mass is 16.3. The quantitative estimate of drug-likeness (QED) is 0.892. The molecule has 0 atom stereocenters. The molecule has 2 rings (SSSR count). The molecule has 0 fully saturated rings. The van der Waals surface area contributed by atoms with Crippen molar-refractivity contribution in [3.8, 4) is 0 Å². The Morgan fingerprint density at radius 1 is 1.15 bits per heavy atom. The molecule has 1 heterocycles. The van der Waals surface area contributed by atoms with E-state index in [1.54, 1.807) is 6.26 Å². The first-order valence-electron chi connectivity index (χ1n) is 6.63. The molecular formula is C16H20N2O2. The molecule has 1 aromatic heterocycles.